The zero-order chi connectivity index (χ0) is 19.9. The first-order chi connectivity index (χ1) is 13.5. The number of nitrogens with one attached hydrogen (secondary N) is 2. The summed E-state index contributed by atoms with van der Waals surface area (Å²) in [7, 11) is 0. The average molecular weight is 389 g/mol. The van der Waals surface area contributed by atoms with E-state index in [2.05, 4.69) is 34.6 Å². The standard InChI is InChI=1S/C21H32N4O3/c1-15-12-17(21(28)23-10-8-19(26)27)14-25(13-15)11-3-5-18-7-6-16-4-2-9-22-20(16)24-18/h6-7,15,17H,2-5,8-14H2,1H3,(H,22,24)(H,23,28)(H,26,27). The fourth-order valence-electron chi connectivity index (χ4n) is 4.26. The summed E-state index contributed by atoms with van der Waals surface area (Å²) in [4.78, 5) is 30.1. The molecule has 2 aliphatic heterocycles. The number of amides is 1. The number of hydrogen-bond acceptors (Lipinski definition) is 5. The monoisotopic (exact) mass is 388 g/mol. The van der Waals surface area contributed by atoms with Crippen molar-refractivity contribution in [3.05, 3.63) is 23.4 Å². The zero-order valence-electron chi connectivity index (χ0n) is 16.7. The van der Waals surface area contributed by atoms with E-state index in [4.69, 9.17) is 10.1 Å². The predicted molar refractivity (Wildman–Crippen MR) is 108 cm³/mol. The number of aliphatic carboxylic acids is 1. The molecule has 3 heterocycles. The van der Waals surface area contributed by atoms with Crippen molar-refractivity contribution in [3.8, 4) is 0 Å². The summed E-state index contributed by atoms with van der Waals surface area (Å²) in [6.07, 6.45) is 5.08. The quantitative estimate of drug-likeness (QED) is 0.630. The molecule has 7 nitrogen and oxygen atoms in total. The van der Waals surface area contributed by atoms with Crippen molar-refractivity contribution in [2.75, 3.05) is 38.0 Å². The normalized spacial score (nSPS) is 22.2. The Kier molecular flexibility index (Phi) is 7.25. The van der Waals surface area contributed by atoms with E-state index in [1.165, 1.54) is 12.0 Å². The third kappa shape index (κ3) is 5.92. The van der Waals surface area contributed by atoms with Gasteiger partial charge < -0.3 is 20.6 Å². The second kappa shape index (κ2) is 9.87. The number of piperidine rings is 1. The highest BCUT2D eigenvalue weighted by Gasteiger charge is 2.29. The summed E-state index contributed by atoms with van der Waals surface area (Å²) in [5, 5.41) is 14.9. The van der Waals surface area contributed by atoms with E-state index in [0.717, 1.165) is 63.4 Å². The van der Waals surface area contributed by atoms with Crippen LogP contribution in [0.5, 0.6) is 0 Å². The highest BCUT2D eigenvalue weighted by atomic mass is 16.4. The fourth-order valence-corrected chi connectivity index (χ4v) is 4.26. The number of hydrogen-bond donors (Lipinski definition) is 3. The van der Waals surface area contributed by atoms with Crippen LogP contribution >= 0.6 is 0 Å². The highest BCUT2D eigenvalue weighted by molar-refractivity contribution is 5.79. The van der Waals surface area contributed by atoms with Crippen LogP contribution in [0.25, 0.3) is 0 Å². The summed E-state index contributed by atoms with van der Waals surface area (Å²) in [6, 6.07) is 4.34. The minimum atomic E-state index is -0.884. The van der Waals surface area contributed by atoms with Crippen LogP contribution in [0, 0.1) is 11.8 Å². The largest absolute Gasteiger partial charge is 0.481 e. The smallest absolute Gasteiger partial charge is 0.305 e. The van der Waals surface area contributed by atoms with E-state index < -0.39 is 5.97 Å². The molecule has 1 fully saturated rings. The molecular formula is C21H32N4O3. The molecule has 0 spiro atoms. The van der Waals surface area contributed by atoms with E-state index in [9.17, 15) is 9.59 Å². The number of fused-ring (bicyclic) bond motifs is 1. The van der Waals surface area contributed by atoms with Crippen LogP contribution in [-0.2, 0) is 22.4 Å². The van der Waals surface area contributed by atoms with E-state index in [0.29, 0.717) is 5.92 Å². The van der Waals surface area contributed by atoms with Gasteiger partial charge in [-0.2, -0.15) is 0 Å². The molecule has 28 heavy (non-hydrogen) atoms. The van der Waals surface area contributed by atoms with Crippen LogP contribution in [-0.4, -0.2) is 59.6 Å². The number of likely N-dealkylation sites (tertiary alicyclic amines) is 1. The van der Waals surface area contributed by atoms with Crippen molar-refractivity contribution in [1.82, 2.24) is 15.2 Å². The fraction of sp³-hybridized carbons (Fsp3) is 0.667. The Morgan fingerprint density at radius 1 is 1.36 bits per heavy atom. The van der Waals surface area contributed by atoms with Gasteiger partial charge in [0.15, 0.2) is 0 Å². The van der Waals surface area contributed by atoms with Gasteiger partial charge in [-0.05, 0) is 56.2 Å². The van der Waals surface area contributed by atoms with Crippen molar-refractivity contribution in [2.45, 2.75) is 45.4 Å². The molecule has 1 aromatic rings. The number of pyridine rings is 1. The molecule has 154 valence electrons. The molecule has 0 aliphatic carbocycles. The SMILES string of the molecule is CC1CC(C(=O)NCCC(=O)O)CN(CCCc2ccc3c(n2)NCCC3)C1. The van der Waals surface area contributed by atoms with Gasteiger partial charge in [-0.1, -0.05) is 13.0 Å². The van der Waals surface area contributed by atoms with Gasteiger partial charge in [0.1, 0.15) is 5.82 Å². The van der Waals surface area contributed by atoms with Crippen molar-refractivity contribution in [1.29, 1.82) is 0 Å². The summed E-state index contributed by atoms with van der Waals surface area (Å²) in [5.41, 5.74) is 2.44. The number of anilines is 1. The second-order valence-corrected chi connectivity index (χ2v) is 8.18. The molecule has 2 unspecified atom stereocenters. The van der Waals surface area contributed by atoms with Crippen molar-refractivity contribution in [2.24, 2.45) is 11.8 Å². The van der Waals surface area contributed by atoms with E-state index in [1.54, 1.807) is 0 Å². The Labute approximate surface area is 166 Å². The van der Waals surface area contributed by atoms with Gasteiger partial charge in [0, 0.05) is 31.9 Å². The Balaban J connectivity index is 1.44. The maximum Gasteiger partial charge on any atom is 0.305 e. The van der Waals surface area contributed by atoms with Crippen molar-refractivity contribution >= 4 is 17.7 Å². The maximum absolute atomic E-state index is 12.4. The molecule has 2 aliphatic rings. The zero-order valence-corrected chi connectivity index (χ0v) is 16.7. The Morgan fingerprint density at radius 3 is 3.04 bits per heavy atom. The van der Waals surface area contributed by atoms with Gasteiger partial charge in [0.05, 0.1) is 12.3 Å². The van der Waals surface area contributed by atoms with Gasteiger partial charge in [0.25, 0.3) is 0 Å². The number of carboxylic acid groups (broad SMARTS) is 1. The lowest BCUT2D eigenvalue weighted by atomic mass is 9.89. The summed E-state index contributed by atoms with van der Waals surface area (Å²) >= 11 is 0. The van der Waals surface area contributed by atoms with Gasteiger partial charge in [-0.3, -0.25) is 9.59 Å². The lowest BCUT2D eigenvalue weighted by Crippen LogP contribution is -2.46. The molecule has 1 amide bonds. The van der Waals surface area contributed by atoms with Crippen LogP contribution in [0.2, 0.25) is 0 Å². The topological polar surface area (TPSA) is 94.6 Å². The molecule has 1 aromatic heterocycles. The van der Waals surface area contributed by atoms with Crippen LogP contribution in [0.1, 0.15) is 43.9 Å². The van der Waals surface area contributed by atoms with Crippen molar-refractivity contribution < 1.29 is 14.7 Å². The van der Waals surface area contributed by atoms with Gasteiger partial charge >= 0.3 is 5.97 Å². The number of carboxylic acids is 1. The lowest BCUT2D eigenvalue weighted by Gasteiger charge is -2.35. The highest BCUT2D eigenvalue weighted by Crippen LogP contribution is 2.23. The van der Waals surface area contributed by atoms with Gasteiger partial charge in [0.2, 0.25) is 5.91 Å². The first-order valence-corrected chi connectivity index (χ1v) is 10.5. The van der Waals surface area contributed by atoms with Crippen LogP contribution < -0.4 is 10.6 Å². The minimum absolute atomic E-state index is 0.0137. The lowest BCUT2D eigenvalue weighted by molar-refractivity contribution is -0.137. The number of nitrogens with zero attached hydrogens (tertiary/aromatic N) is 2. The summed E-state index contributed by atoms with van der Waals surface area (Å²) < 4.78 is 0. The van der Waals surface area contributed by atoms with E-state index >= 15 is 0 Å². The third-order valence-corrected chi connectivity index (χ3v) is 5.60. The molecule has 2 atom stereocenters. The molecule has 3 rings (SSSR count). The molecule has 0 aromatic carbocycles. The minimum Gasteiger partial charge on any atom is -0.481 e. The Bertz CT molecular complexity index is 694. The third-order valence-electron chi connectivity index (χ3n) is 5.60. The molecule has 0 radical (unpaired) electrons. The first kappa shape index (κ1) is 20.6. The maximum atomic E-state index is 12.4. The molecule has 1 saturated heterocycles. The summed E-state index contributed by atoms with van der Waals surface area (Å²) in [5.74, 6) is 0.567. The second-order valence-electron chi connectivity index (χ2n) is 8.18. The number of carbonyl (C=O) groups is 2. The Morgan fingerprint density at radius 2 is 2.21 bits per heavy atom. The molecule has 0 bridgehead atoms. The van der Waals surface area contributed by atoms with Crippen molar-refractivity contribution in [3.63, 3.8) is 0 Å². The number of carbonyl (C=O) groups excluding carboxylic acids is 1. The molecular weight excluding hydrogens is 356 g/mol. The predicted octanol–water partition coefficient (Wildman–Crippen LogP) is 1.92. The number of aromatic nitrogens is 1. The Hall–Kier alpha value is -2.15. The van der Waals surface area contributed by atoms with Crippen LogP contribution in [0.15, 0.2) is 12.1 Å². The van der Waals surface area contributed by atoms with Crippen LogP contribution in [0.3, 0.4) is 0 Å². The summed E-state index contributed by atoms with van der Waals surface area (Å²) in [6.45, 7) is 6.11. The molecule has 3 N–H and O–H groups in total. The number of aryl methyl sites for hydroxylation is 2. The first-order valence-electron chi connectivity index (χ1n) is 10.5. The van der Waals surface area contributed by atoms with E-state index in [1.807, 2.05) is 0 Å². The van der Waals surface area contributed by atoms with Crippen LogP contribution in [0.4, 0.5) is 5.82 Å². The molecule has 0 saturated carbocycles. The molecule has 7 heteroatoms. The number of rotatable bonds is 8. The van der Waals surface area contributed by atoms with Gasteiger partial charge in [-0.15, -0.1) is 0 Å². The average Bonchev–Trinajstić information content (AvgIpc) is 2.67. The van der Waals surface area contributed by atoms with E-state index in [-0.39, 0.29) is 24.8 Å². The van der Waals surface area contributed by atoms with Gasteiger partial charge in [-0.25, -0.2) is 4.98 Å².